The van der Waals surface area contributed by atoms with E-state index in [4.69, 9.17) is 5.11 Å². The second-order valence-corrected chi connectivity index (χ2v) is 3.32. The van der Waals surface area contributed by atoms with E-state index in [0.29, 0.717) is 6.42 Å². The summed E-state index contributed by atoms with van der Waals surface area (Å²) < 4.78 is 0. The van der Waals surface area contributed by atoms with Crippen molar-refractivity contribution in [2.75, 3.05) is 6.61 Å². The van der Waals surface area contributed by atoms with Gasteiger partial charge in [-0.3, -0.25) is 10.1 Å². The molecular formula is C9H19NO3. The first kappa shape index (κ1) is 12.4. The molecule has 0 bridgehead atoms. The molecule has 0 fully saturated rings. The zero-order valence-electron chi connectivity index (χ0n) is 8.24. The van der Waals surface area contributed by atoms with Crippen LogP contribution in [0, 0.1) is 10.1 Å². The Labute approximate surface area is 79.1 Å². The number of hydrogen-bond donors (Lipinski definition) is 1. The van der Waals surface area contributed by atoms with Crippen molar-refractivity contribution in [3.63, 3.8) is 0 Å². The second kappa shape index (κ2) is 7.98. The maximum absolute atomic E-state index is 10.3. The summed E-state index contributed by atoms with van der Waals surface area (Å²) in [5.74, 6) is 0. The first-order chi connectivity index (χ1) is 6.22. The van der Waals surface area contributed by atoms with E-state index in [0.717, 1.165) is 19.3 Å². The topological polar surface area (TPSA) is 63.4 Å². The van der Waals surface area contributed by atoms with Crippen LogP contribution in [0.3, 0.4) is 0 Å². The van der Waals surface area contributed by atoms with Gasteiger partial charge in [0.1, 0.15) is 6.61 Å². The lowest BCUT2D eigenvalue weighted by molar-refractivity contribution is -0.526. The summed E-state index contributed by atoms with van der Waals surface area (Å²) in [6, 6.07) is -0.748. The fourth-order valence-corrected chi connectivity index (χ4v) is 1.25. The summed E-state index contributed by atoms with van der Waals surface area (Å²) in [6.45, 7) is 1.80. The van der Waals surface area contributed by atoms with Crippen molar-refractivity contribution in [1.82, 2.24) is 0 Å². The molecule has 0 aromatic rings. The molecule has 0 radical (unpaired) electrons. The molecule has 1 unspecified atom stereocenters. The summed E-state index contributed by atoms with van der Waals surface area (Å²) in [7, 11) is 0. The van der Waals surface area contributed by atoms with Crippen molar-refractivity contribution in [3.05, 3.63) is 10.1 Å². The van der Waals surface area contributed by atoms with E-state index in [9.17, 15) is 10.1 Å². The van der Waals surface area contributed by atoms with Crippen molar-refractivity contribution in [3.8, 4) is 0 Å². The van der Waals surface area contributed by atoms with Crippen LogP contribution in [0.5, 0.6) is 0 Å². The molecule has 0 aliphatic carbocycles. The van der Waals surface area contributed by atoms with Crippen LogP contribution >= 0.6 is 0 Å². The quantitative estimate of drug-likeness (QED) is 0.361. The van der Waals surface area contributed by atoms with Crippen LogP contribution < -0.4 is 0 Å². The van der Waals surface area contributed by atoms with Gasteiger partial charge < -0.3 is 5.11 Å². The highest BCUT2D eigenvalue weighted by molar-refractivity contribution is 4.54. The molecule has 0 saturated heterocycles. The molecule has 4 nitrogen and oxygen atoms in total. The number of aliphatic hydroxyl groups is 1. The van der Waals surface area contributed by atoms with Gasteiger partial charge in [0.15, 0.2) is 0 Å². The Hall–Kier alpha value is -0.640. The lowest BCUT2D eigenvalue weighted by Gasteiger charge is -2.05. The van der Waals surface area contributed by atoms with Crippen molar-refractivity contribution in [1.29, 1.82) is 0 Å². The van der Waals surface area contributed by atoms with Crippen LogP contribution in [-0.2, 0) is 0 Å². The molecule has 0 aliphatic heterocycles. The van der Waals surface area contributed by atoms with Gasteiger partial charge in [-0.1, -0.05) is 32.6 Å². The van der Waals surface area contributed by atoms with Gasteiger partial charge >= 0.3 is 0 Å². The van der Waals surface area contributed by atoms with Crippen molar-refractivity contribution >= 4 is 0 Å². The molecule has 0 rings (SSSR count). The molecule has 0 amide bonds. The minimum absolute atomic E-state index is 0.333. The summed E-state index contributed by atoms with van der Waals surface area (Å²) in [4.78, 5) is 9.91. The lowest BCUT2D eigenvalue weighted by Crippen LogP contribution is -2.23. The molecule has 78 valence electrons. The van der Waals surface area contributed by atoms with E-state index in [1.54, 1.807) is 0 Å². The standard InChI is InChI=1S/C9H19NO3/c1-2-3-4-5-6-7-9(8-11)10(12)13/h9,11H,2-8H2,1H3. The first-order valence-electron chi connectivity index (χ1n) is 4.96. The highest BCUT2D eigenvalue weighted by Crippen LogP contribution is 2.08. The minimum Gasteiger partial charge on any atom is -0.389 e. The summed E-state index contributed by atoms with van der Waals surface area (Å²) in [6.07, 6.45) is 5.92. The second-order valence-electron chi connectivity index (χ2n) is 3.32. The summed E-state index contributed by atoms with van der Waals surface area (Å²) in [5, 5.41) is 19.0. The van der Waals surface area contributed by atoms with Crippen LogP contribution in [0.1, 0.15) is 45.4 Å². The Balaban J connectivity index is 3.33. The van der Waals surface area contributed by atoms with Crippen molar-refractivity contribution in [2.45, 2.75) is 51.5 Å². The Morgan fingerprint density at radius 3 is 2.38 bits per heavy atom. The SMILES string of the molecule is CCCCCCCC(CO)[N+](=O)[O-]. The number of rotatable bonds is 8. The fourth-order valence-electron chi connectivity index (χ4n) is 1.25. The third kappa shape index (κ3) is 6.51. The van der Waals surface area contributed by atoms with E-state index < -0.39 is 6.04 Å². The van der Waals surface area contributed by atoms with Crippen molar-refractivity contribution < 1.29 is 10.0 Å². The van der Waals surface area contributed by atoms with Crippen LogP contribution in [0.2, 0.25) is 0 Å². The molecule has 13 heavy (non-hydrogen) atoms. The largest absolute Gasteiger partial charge is 0.389 e. The third-order valence-electron chi connectivity index (χ3n) is 2.15. The van der Waals surface area contributed by atoms with Gasteiger partial charge in [0.2, 0.25) is 6.04 Å². The summed E-state index contributed by atoms with van der Waals surface area (Å²) >= 11 is 0. The number of nitrogens with zero attached hydrogens (tertiary/aromatic N) is 1. The van der Waals surface area contributed by atoms with E-state index in [1.165, 1.54) is 12.8 Å². The van der Waals surface area contributed by atoms with Gasteiger partial charge in [-0.25, -0.2) is 0 Å². The molecule has 0 saturated carbocycles. The fraction of sp³-hybridized carbons (Fsp3) is 1.00. The third-order valence-corrected chi connectivity index (χ3v) is 2.15. The minimum atomic E-state index is -0.748. The van der Waals surface area contributed by atoms with Gasteiger partial charge in [-0.15, -0.1) is 0 Å². The van der Waals surface area contributed by atoms with E-state index >= 15 is 0 Å². The highest BCUT2D eigenvalue weighted by Gasteiger charge is 2.17. The van der Waals surface area contributed by atoms with Gasteiger partial charge in [-0.2, -0.15) is 0 Å². The highest BCUT2D eigenvalue weighted by atomic mass is 16.6. The summed E-state index contributed by atoms with van der Waals surface area (Å²) in [5.41, 5.74) is 0. The molecule has 0 aromatic carbocycles. The zero-order chi connectivity index (χ0) is 10.1. The molecule has 0 aliphatic rings. The normalized spacial score (nSPS) is 12.8. The van der Waals surface area contributed by atoms with Crippen molar-refractivity contribution in [2.24, 2.45) is 0 Å². The molecule has 0 spiro atoms. The number of aliphatic hydroxyl groups excluding tert-OH is 1. The Kier molecular flexibility index (Phi) is 7.59. The molecule has 1 N–H and O–H groups in total. The van der Waals surface area contributed by atoms with E-state index in [2.05, 4.69) is 6.92 Å². The zero-order valence-corrected chi connectivity index (χ0v) is 8.24. The average Bonchev–Trinajstić information content (AvgIpc) is 2.10. The average molecular weight is 189 g/mol. The first-order valence-corrected chi connectivity index (χ1v) is 4.96. The van der Waals surface area contributed by atoms with Gasteiger partial charge in [0.05, 0.1) is 0 Å². The van der Waals surface area contributed by atoms with Gasteiger partial charge in [0.25, 0.3) is 0 Å². The molecule has 0 heterocycles. The number of hydrogen-bond acceptors (Lipinski definition) is 3. The predicted octanol–water partition coefficient (Wildman–Crippen LogP) is 1.98. The molecule has 0 aromatic heterocycles. The smallest absolute Gasteiger partial charge is 0.235 e. The van der Waals surface area contributed by atoms with Crippen LogP contribution in [0.15, 0.2) is 0 Å². The molecule has 4 heteroatoms. The molecule has 1 atom stereocenters. The predicted molar refractivity (Wildman–Crippen MR) is 51.2 cm³/mol. The lowest BCUT2D eigenvalue weighted by atomic mass is 10.1. The van der Waals surface area contributed by atoms with Crippen LogP contribution in [0.25, 0.3) is 0 Å². The number of unbranched alkanes of at least 4 members (excludes halogenated alkanes) is 4. The Morgan fingerprint density at radius 2 is 1.92 bits per heavy atom. The van der Waals surface area contributed by atoms with E-state index in [1.807, 2.05) is 0 Å². The maximum Gasteiger partial charge on any atom is 0.235 e. The molecular weight excluding hydrogens is 170 g/mol. The maximum atomic E-state index is 10.3. The van der Waals surface area contributed by atoms with Crippen LogP contribution in [0.4, 0.5) is 0 Å². The number of nitro groups is 1. The van der Waals surface area contributed by atoms with E-state index in [-0.39, 0.29) is 11.5 Å². The van der Waals surface area contributed by atoms with Gasteiger partial charge in [-0.05, 0) is 6.42 Å². The Morgan fingerprint density at radius 1 is 1.31 bits per heavy atom. The monoisotopic (exact) mass is 189 g/mol. The Bertz CT molecular complexity index is 139. The van der Waals surface area contributed by atoms with Gasteiger partial charge in [0, 0.05) is 11.3 Å². The van der Waals surface area contributed by atoms with Crippen LogP contribution in [-0.4, -0.2) is 22.7 Å².